The van der Waals surface area contributed by atoms with Gasteiger partial charge in [0.1, 0.15) is 11.6 Å². The number of carbonyl (C=O) groups excluding carboxylic acids is 1. The van der Waals surface area contributed by atoms with Gasteiger partial charge in [-0.1, -0.05) is 54.6 Å². The Kier molecular flexibility index (Phi) is 6.62. The number of nitrogens with one attached hydrogen (secondary N) is 2. The summed E-state index contributed by atoms with van der Waals surface area (Å²) in [5.74, 6) is 1.62. The minimum Gasteiger partial charge on any atom is -0.497 e. The van der Waals surface area contributed by atoms with Crippen LogP contribution in [-0.4, -0.2) is 29.2 Å². The van der Waals surface area contributed by atoms with E-state index in [0.717, 1.165) is 27.8 Å². The molecule has 0 radical (unpaired) electrons. The predicted octanol–water partition coefficient (Wildman–Crippen LogP) is 5.81. The first-order chi connectivity index (χ1) is 17.7. The second-order valence-electron chi connectivity index (χ2n) is 7.92. The molecule has 1 amide bonds. The van der Waals surface area contributed by atoms with Gasteiger partial charge in [0.2, 0.25) is 0 Å². The second kappa shape index (κ2) is 10.5. The summed E-state index contributed by atoms with van der Waals surface area (Å²) in [5, 5.41) is 8.31. The van der Waals surface area contributed by atoms with Crippen molar-refractivity contribution >= 4 is 34.5 Å². The van der Waals surface area contributed by atoms with Gasteiger partial charge in [-0.05, 0) is 54.1 Å². The molecule has 1 aromatic heterocycles. The molecule has 0 spiro atoms. The van der Waals surface area contributed by atoms with Gasteiger partial charge in [-0.25, -0.2) is 15.4 Å². The van der Waals surface area contributed by atoms with Gasteiger partial charge >= 0.3 is 0 Å². The summed E-state index contributed by atoms with van der Waals surface area (Å²) in [5.41, 5.74) is 6.20. The Balaban J connectivity index is 1.42. The van der Waals surface area contributed by atoms with E-state index in [-0.39, 0.29) is 5.91 Å². The fourth-order valence-corrected chi connectivity index (χ4v) is 3.72. The first kappa shape index (κ1) is 22.7. The highest BCUT2D eigenvalue weighted by Crippen LogP contribution is 2.28. The summed E-state index contributed by atoms with van der Waals surface area (Å²) in [7, 11) is 1.61. The van der Waals surface area contributed by atoms with Crippen LogP contribution in [0.2, 0.25) is 0 Å². The average Bonchev–Trinajstić information content (AvgIpc) is 2.94. The molecule has 5 aromatic rings. The fraction of sp³-hybridized carbons (Fsp3) is 0.0345. The number of hydrogen-bond acceptors (Lipinski definition) is 6. The van der Waals surface area contributed by atoms with Crippen LogP contribution >= 0.6 is 0 Å². The summed E-state index contributed by atoms with van der Waals surface area (Å²) in [6.45, 7) is 0. The number of rotatable bonds is 7. The molecule has 176 valence electrons. The molecule has 0 fully saturated rings. The number of hydrazone groups is 1. The number of methoxy groups -OCH3 is 1. The normalized spacial score (nSPS) is 10.9. The number of ether oxygens (including phenoxy) is 1. The minimum atomic E-state index is -0.343. The summed E-state index contributed by atoms with van der Waals surface area (Å²) in [6.07, 6.45) is 1.58. The van der Waals surface area contributed by atoms with E-state index in [4.69, 9.17) is 14.7 Å². The molecule has 0 bridgehead atoms. The number of carbonyl (C=O) groups is 1. The van der Waals surface area contributed by atoms with Crippen molar-refractivity contribution in [2.75, 3.05) is 12.4 Å². The monoisotopic (exact) mass is 473 g/mol. The van der Waals surface area contributed by atoms with E-state index in [1.807, 2.05) is 91.0 Å². The Morgan fingerprint density at radius 2 is 1.56 bits per heavy atom. The molecule has 0 unspecified atom stereocenters. The smallest absolute Gasteiger partial charge is 0.273 e. The molecule has 36 heavy (non-hydrogen) atoms. The summed E-state index contributed by atoms with van der Waals surface area (Å²) < 4.78 is 5.16. The Morgan fingerprint density at radius 3 is 2.36 bits per heavy atom. The number of amides is 1. The first-order valence-electron chi connectivity index (χ1n) is 11.4. The molecule has 7 nitrogen and oxygen atoms in total. The van der Waals surface area contributed by atoms with Crippen molar-refractivity contribution in [1.29, 1.82) is 0 Å². The van der Waals surface area contributed by atoms with Crippen molar-refractivity contribution in [2.45, 2.75) is 0 Å². The Hall–Kier alpha value is -5.04. The van der Waals surface area contributed by atoms with Gasteiger partial charge in [0.05, 0.1) is 30.1 Å². The third kappa shape index (κ3) is 5.05. The molecule has 0 aliphatic heterocycles. The van der Waals surface area contributed by atoms with Crippen LogP contribution in [0.15, 0.2) is 108 Å². The molecular formula is C29H23N5O2. The third-order valence-corrected chi connectivity index (χ3v) is 5.56. The van der Waals surface area contributed by atoms with Crippen molar-refractivity contribution in [3.05, 3.63) is 114 Å². The van der Waals surface area contributed by atoms with Crippen LogP contribution in [0.3, 0.4) is 0 Å². The summed E-state index contributed by atoms with van der Waals surface area (Å²) >= 11 is 0. The van der Waals surface area contributed by atoms with Crippen molar-refractivity contribution in [3.8, 4) is 17.1 Å². The lowest BCUT2D eigenvalue weighted by molar-refractivity contribution is 0.0956. The molecule has 2 N–H and O–H groups in total. The number of para-hydroxylation sites is 2. The number of benzene rings is 4. The van der Waals surface area contributed by atoms with Crippen LogP contribution in [0, 0.1) is 0 Å². The Morgan fingerprint density at radius 1 is 0.833 bits per heavy atom. The van der Waals surface area contributed by atoms with Crippen LogP contribution in [0.5, 0.6) is 5.75 Å². The second-order valence-corrected chi connectivity index (χ2v) is 7.92. The maximum atomic E-state index is 13.0. The molecule has 0 saturated carbocycles. The molecular weight excluding hydrogens is 450 g/mol. The fourth-order valence-electron chi connectivity index (χ4n) is 3.72. The van der Waals surface area contributed by atoms with E-state index in [1.54, 1.807) is 25.5 Å². The van der Waals surface area contributed by atoms with Gasteiger partial charge in [-0.2, -0.15) is 5.10 Å². The van der Waals surface area contributed by atoms with Crippen molar-refractivity contribution in [2.24, 2.45) is 5.10 Å². The zero-order chi connectivity index (χ0) is 24.7. The van der Waals surface area contributed by atoms with Gasteiger partial charge in [0.25, 0.3) is 5.91 Å². The van der Waals surface area contributed by atoms with Gasteiger partial charge in [0.15, 0.2) is 5.82 Å². The van der Waals surface area contributed by atoms with Crippen molar-refractivity contribution in [3.63, 3.8) is 0 Å². The molecule has 1 heterocycles. The molecule has 0 aliphatic rings. The first-order valence-corrected chi connectivity index (χ1v) is 11.4. The van der Waals surface area contributed by atoms with Crippen LogP contribution in [0.1, 0.15) is 15.9 Å². The lowest BCUT2D eigenvalue weighted by Crippen LogP contribution is -2.19. The number of nitrogens with zero attached hydrogens (tertiary/aromatic N) is 3. The molecule has 7 heteroatoms. The molecule has 0 aliphatic carbocycles. The molecule has 0 atom stereocenters. The number of fused-ring (bicyclic) bond motifs is 1. The number of aromatic nitrogens is 2. The highest BCUT2D eigenvalue weighted by Gasteiger charge is 2.14. The maximum absolute atomic E-state index is 13.0. The van der Waals surface area contributed by atoms with Gasteiger partial charge in [-0.15, -0.1) is 0 Å². The van der Waals surface area contributed by atoms with Crippen molar-refractivity contribution < 1.29 is 9.53 Å². The predicted molar refractivity (Wildman–Crippen MR) is 143 cm³/mol. The van der Waals surface area contributed by atoms with Gasteiger partial charge in [-0.3, -0.25) is 4.79 Å². The zero-order valence-electron chi connectivity index (χ0n) is 19.6. The average molecular weight is 474 g/mol. The third-order valence-electron chi connectivity index (χ3n) is 5.56. The molecule has 4 aromatic carbocycles. The zero-order valence-corrected chi connectivity index (χ0v) is 19.6. The van der Waals surface area contributed by atoms with E-state index >= 15 is 0 Å². The standard InChI is InChI=1S/C29H23N5O2/c1-36-22-17-15-20(16-18-22)19-30-34-29(35)24-12-6-8-14-26(24)32-28-23-11-5-7-13-25(23)31-27(33-28)21-9-3-2-4-10-21/h2-19H,1H3,(H,34,35)(H,31,32,33)/b30-19+. The topological polar surface area (TPSA) is 88.5 Å². The largest absolute Gasteiger partial charge is 0.497 e. The SMILES string of the molecule is COc1ccc(/C=N/NC(=O)c2ccccc2Nc2nc(-c3ccccc3)nc3ccccc23)cc1. The molecule has 0 saturated heterocycles. The minimum absolute atomic E-state index is 0.343. The highest BCUT2D eigenvalue weighted by atomic mass is 16.5. The molecule has 5 rings (SSSR count). The number of hydrogen-bond donors (Lipinski definition) is 2. The van der Waals surface area contributed by atoms with Gasteiger partial charge < -0.3 is 10.1 Å². The van der Waals surface area contributed by atoms with E-state index in [1.165, 1.54) is 0 Å². The lowest BCUT2D eigenvalue weighted by Gasteiger charge is -2.13. The summed E-state index contributed by atoms with van der Waals surface area (Å²) in [6, 6.07) is 32.2. The Labute approximate surface area is 208 Å². The Bertz CT molecular complexity index is 1530. The van der Waals surface area contributed by atoms with Crippen LogP contribution in [0.4, 0.5) is 11.5 Å². The van der Waals surface area contributed by atoms with Crippen LogP contribution in [0.25, 0.3) is 22.3 Å². The lowest BCUT2D eigenvalue weighted by atomic mass is 10.1. The maximum Gasteiger partial charge on any atom is 0.273 e. The van der Waals surface area contributed by atoms with Crippen LogP contribution in [-0.2, 0) is 0 Å². The van der Waals surface area contributed by atoms with Gasteiger partial charge in [0, 0.05) is 10.9 Å². The van der Waals surface area contributed by atoms with E-state index in [9.17, 15) is 4.79 Å². The number of anilines is 2. The van der Waals surface area contributed by atoms with Crippen LogP contribution < -0.4 is 15.5 Å². The van der Waals surface area contributed by atoms with E-state index in [2.05, 4.69) is 15.8 Å². The van der Waals surface area contributed by atoms with E-state index < -0.39 is 0 Å². The van der Waals surface area contributed by atoms with E-state index in [0.29, 0.717) is 22.9 Å². The summed E-state index contributed by atoms with van der Waals surface area (Å²) in [4.78, 5) is 22.5. The highest BCUT2D eigenvalue weighted by molar-refractivity contribution is 6.02. The van der Waals surface area contributed by atoms with Crippen molar-refractivity contribution in [1.82, 2.24) is 15.4 Å². The quantitative estimate of drug-likeness (QED) is 0.230.